The highest BCUT2D eigenvalue weighted by molar-refractivity contribution is 6.01. The number of nitrogens with one attached hydrogen (secondary N) is 1. The second kappa shape index (κ2) is 11.5. The number of fused-ring (bicyclic) bond motifs is 1. The van der Waals surface area contributed by atoms with Gasteiger partial charge in [-0.2, -0.15) is 0 Å². The van der Waals surface area contributed by atoms with E-state index in [4.69, 9.17) is 9.73 Å². The molecule has 0 spiro atoms. The van der Waals surface area contributed by atoms with E-state index in [1.165, 1.54) is 11.4 Å². The molecule has 1 saturated heterocycles. The second-order valence-electron chi connectivity index (χ2n) is 8.02. The number of nitrogens with zero attached hydrogens (tertiary/aromatic N) is 4. The van der Waals surface area contributed by atoms with Gasteiger partial charge in [0.25, 0.3) is 0 Å². The monoisotopic (exact) mass is 425 g/mol. The number of hydrogen-bond acceptors (Lipinski definition) is 6. The molecule has 0 aromatic carbocycles. The molecule has 3 aliphatic heterocycles. The molecular formula is C25H39N5O. The normalized spacial score (nSPS) is 24.0. The third kappa shape index (κ3) is 5.37. The van der Waals surface area contributed by atoms with Crippen molar-refractivity contribution in [1.82, 2.24) is 20.2 Å². The summed E-state index contributed by atoms with van der Waals surface area (Å²) in [4.78, 5) is 7.54. The molecular weight excluding hydrogens is 386 g/mol. The second-order valence-corrected chi connectivity index (χ2v) is 8.02. The molecule has 2 atom stereocenters. The molecule has 6 heteroatoms. The third-order valence-electron chi connectivity index (χ3n) is 5.89. The summed E-state index contributed by atoms with van der Waals surface area (Å²) in [7, 11) is 2.16. The molecule has 6 nitrogen and oxygen atoms in total. The molecule has 0 saturated carbocycles. The van der Waals surface area contributed by atoms with Crippen molar-refractivity contribution in [2.75, 3.05) is 39.9 Å². The lowest BCUT2D eigenvalue weighted by atomic mass is 10.1. The van der Waals surface area contributed by atoms with Crippen molar-refractivity contribution in [3.63, 3.8) is 0 Å². The maximum atomic E-state index is 5.62. The van der Waals surface area contributed by atoms with Crippen LogP contribution < -0.4 is 5.32 Å². The van der Waals surface area contributed by atoms with Crippen molar-refractivity contribution in [2.24, 2.45) is 4.99 Å². The Morgan fingerprint density at radius 3 is 2.71 bits per heavy atom. The predicted molar refractivity (Wildman–Crippen MR) is 129 cm³/mol. The summed E-state index contributed by atoms with van der Waals surface area (Å²) >= 11 is 0. The van der Waals surface area contributed by atoms with E-state index in [1.54, 1.807) is 0 Å². The summed E-state index contributed by atoms with van der Waals surface area (Å²) in [6.07, 6.45) is 17.5. The first-order chi connectivity index (χ1) is 15.1. The standard InChI is InChI=1S/C25H39N5O/c1-6-10-11-13-20(12-7-2)23-19-24-27-22(21(8-3)26-9-4)18-25(30(24)28(23)5)29-14-16-31-17-15-29/h7,10-13,18-19,21,23,26H,6,8-9,14-17H2,1-5H3/b11-10+,12-7-,20-13+. The molecule has 0 aromatic heterocycles. The molecule has 1 N–H and O–H groups in total. The van der Waals surface area contributed by atoms with Gasteiger partial charge in [0.2, 0.25) is 0 Å². The van der Waals surface area contributed by atoms with Gasteiger partial charge in [0.1, 0.15) is 11.6 Å². The van der Waals surface area contributed by atoms with Crippen LogP contribution in [0.15, 0.2) is 64.7 Å². The Morgan fingerprint density at radius 1 is 1.29 bits per heavy atom. The number of allylic oxidation sites excluding steroid dienone is 4. The van der Waals surface area contributed by atoms with Crippen molar-refractivity contribution in [1.29, 1.82) is 0 Å². The minimum Gasteiger partial charge on any atom is -0.378 e. The molecule has 0 aliphatic carbocycles. The number of hydrazine groups is 1. The van der Waals surface area contributed by atoms with E-state index in [0.717, 1.165) is 57.2 Å². The van der Waals surface area contributed by atoms with Gasteiger partial charge in [0, 0.05) is 32.3 Å². The number of morpholine rings is 1. The first-order valence-corrected chi connectivity index (χ1v) is 11.7. The summed E-state index contributed by atoms with van der Waals surface area (Å²) in [5.74, 6) is 2.21. The van der Waals surface area contributed by atoms with Crippen molar-refractivity contribution in [3.8, 4) is 0 Å². The van der Waals surface area contributed by atoms with Gasteiger partial charge in [-0.15, -0.1) is 0 Å². The largest absolute Gasteiger partial charge is 0.378 e. The van der Waals surface area contributed by atoms with Gasteiger partial charge < -0.3 is 15.0 Å². The van der Waals surface area contributed by atoms with Crippen molar-refractivity contribution in [3.05, 3.63) is 59.7 Å². The van der Waals surface area contributed by atoms with E-state index in [-0.39, 0.29) is 12.1 Å². The number of hydrogen-bond donors (Lipinski definition) is 1. The van der Waals surface area contributed by atoms with Crippen molar-refractivity contribution >= 4 is 5.71 Å². The highest BCUT2D eigenvalue weighted by Gasteiger charge is 2.38. The zero-order chi connectivity index (χ0) is 22.2. The van der Waals surface area contributed by atoms with Crippen LogP contribution in [0.3, 0.4) is 0 Å². The summed E-state index contributed by atoms with van der Waals surface area (Å²) in [6, 6.07) is 0.394. The van der Waals surface area contributed by atoms with Crippen LogP contribution in [-0.4, -0.2) is 72.6 Å². The van der Waals surface area contributed by atoms with Crippen molar-refractivity contribution in [2.45, 2.75) is 52.6 Å². The average Bonchev–Trinajstić information content (AvgIpc) is 3.13. The Labute approximate surface area is 188 Å². The molecule has 31 heavy (non-hydrogen) atoms. The summed E-state index contributed by atoms with van der Waals surface area (Å²) in [5, 5.41) is 8.17. The smallest absolute Gasteiger partial charge is 0.147 e. The van der Waals surface area contributed by atoms with Gasteiger partial charge in [-0.25, -0.2) is 15.0 Å². The highest BCUT2D eigenvalue weighted by Crippen LogP contribution is 2.35. The number of aliphatic imine (C=N–C) groups is 1. The van der Waals surface area contributed by atoms with E-state index in [0.29, 0.717) is 0 Å². The van der Waals surface area contributed by atoms with Crippen LogP contribution in [0.1, 0.15) is 40.5 Å². The zero-order valence-corrected chi connectivity index (χ0v) is 19.8. The first-order valence-electron chi connectivity index (χ1n) is 11.7. The fourth-order valence-electron chi connectivity index (χ4n) is 4.30. The van der Waals surface area contributed by atoms with Gasteiger partial charge in [0.15, 0.2) is 0 Å². The van der Waals surface area contributed by atoms with E-state index in [1.807, 2.05) is 0 Å². The molecule has 3 aliphatic rings. The SMILES string of the molecule is C\C=C/C(=C\C=C\CC)C1C=C2N=C(C(CC)NCC)C=C(N3CCOCC3)N2N1C. The Morgan fingerprint density at radius 2 is 2.06 bits per heavy atom. The van der Waals surface area contributed by atoms with Crippen LogP contribution in [0.4, 0.5) is 0 Å². The lowest BCUT2D eigenvalue weighted by molar-refractivity contribution is -0.000344. The van der Waals surface area contributed by atoms with Gasteiger partial charge in [-0.3, -0.25) is 0 Å². The summed E-state index contributed by atoms with van der Waals surface area (Å²) in [6.45, 7) is 12.9. The van der Waals surface area contributed by atoms with E-state index < -0.39 is 0 Å². The van der Waals surface area contributed by atoms with Crippen LogP contribution in [0.25, 0.3) is 0 Å². The Balaban J connectivity index is 2.00. The highest BCUT2D eigenvalue weighted by atomic mass is 16.5. The van der Waals surface area contributed by atoms with Gasteiger partial charge in [-0.05, 0) is 38.0 Å². The lowest BCUT2D eigenvalue weighted by Gasteiger charge is -2.42. The quantitative estimate of drug-likeness (QED) is 0.569. The molecule has 0 aromatic rings. The lowest BCUT2D eigenvalue weighted by Crippen LogP contribution is -2.49. The fourth-order valence-corrected chi connectivity index (χ4v) is 4.30. The first kappa shape index (κ1) is 23.5. The van der Waals surface area contributed by atoms with Crippen LogP contribution in [0, 0.1) is 0 Å². The van der Waals surface area contributed by atoms with Gasteiger partial charge in [0.05, 0.1) is 25.0 Å². The third-order valence-corrected chi connectivity index (χ3v) is 5.89. The maximum absolute atomic E-state index is 5.62. The van der Waals surface area contributed by atoms with Crippen LogP contribution in [0.2, 0.25) is 0 Å². The number of ether oxygens (including phenoxy) is 1. The number of rotatable bonds is 9. The molecule has 3 heterocycles. The van der Waals surface area contributed by atoms with E-state index in [2.05, 4.69) is 97.5 Å². The number of likely N-dealkylation sites (N-methyl/N-ethyl adjacent to an activating group) is 1. The Kier molecular flexibility index (Phi) is 8.69. The van der Waals surface area contributed by atoms with Crippen LogP contribution in [0.5, 0.6) is 0 Å². The summed E-state index contributed by atoms with van der Waals surface area (Å²) in [5.41, 5.74) is 2.37. The van der Waals surface area contributed by atoms with Crippen LogP contribution >= 0.6 is 0 Å². The van der Waals surface area contributed by atoms with Gasteiger partial charge >= 0.3 is 0 Å². The molecule has 0 radical (unpaired) electrons. The Bertz CT molecular complexity index is 786. The fraction of sp³-hybridized carbons (Fsp3) is 0.560. The van der Waals surface area contributed by atoms with E-state index in [9.17, 15) is 0 Å². The summed E-state index contributed by atoms with van der Waals surface area (Å²) < 4.78 is 5.62. The molecule has 170 valence electrons. The van der Waals surface area contributed by atoms with E-state index >= 15 is 0 Å². The maximum Gasteiger partial charge on any atom is 0.147 e. The van der Waals surface area contributed by atoms with Gasteiger partial charge in [-0.1, -0.05) is 51.2 Å². The van der Waals surface area contributed by atoms with Crippen molar-refractivity contribution < 1.29 is 4.74 Å². The molecule has 2 unspecified atom stereocenters. The average molecular weight is 426 g/mol. The minimum atomic E-state index is 0.138. The van der Waals surface area contributed by atoms with Crippen LogP contribution in [-0.2, 0) is 4.74 Å². The molecule has 3 rings (SSSR count). The molecule has 0 amide bonds. The Hall–Kier alpha value is -2.15. The predicted octanol–water partition coefficient (Wildman–Crippen LogP) is 3.84. The molecule has 0 bridgehead atoms. The molecule has 1 fully saturated rings. The minimum absolute atomic E-state index is 0.138. The topological polar surface area (TPSA) is 43.3 Å². The zero-order valence-electron chi connectivity index (χ0n) is 19.8.